The fourth-order valence-electron chi connectivity index (χ4n) is 2.71. The van der Waals surface area contributed by atoms with Gasteiger partial charge >= 0.3 is 6.01 Å². The number of benzene rings is 1. The number of anilines is 1. The van der Waals surface area contributed by atoms with E-state index in [-0.39, 0.29) is 24.4 Å². The van der Waals surface area contributed by atoms with Crippen LogP contribution in [0.1, 0.15) is 12.8 Å². The molecule has 140 valence electrons. The molecule has 8 nitrogen and oxygen atoms in total. The molecule has 2 aromatic rings. The second-order valence-electron chi connectivity index (χ2n) is 5.99. The summed E-state index contributed by atoms with van der Waals surface area (Å²) in [5.41, 5.74) is 0.452. The van der Waals surface area contributed by atoms with Crippen molar-refractivity contribution >= 4 is 45.1 Å². The van der Waals surface area contributed by atoms with Gasteiger partial charge in [0.25, 0.3) is 5.89 Å². The summed E-state index contributed by atoms with van der Waals surface area (Å²) in [7, 11) is -3.33. The largest absolute Gasteiger partial charge is 0.403 e. The van der Waals surface area contributed by atoms with Gasteiger partial charge in [-0.25, -0.2) is 12.7 Å². The van der Waals surface area contributed by atoms with Gasteiger partial charge in [-0.05, 0) is 31.0 Å². The van der Waals surface area contributed by atoms with Gasteiger partial charge in [-0.15, -0.1) is 5.10 Å². The fraction of sp³-hybridized carbons (Fsp3) is 0.400. The van der Waals surface area contributed by atoms with Crippen LogP contribution < -0.4 is 5.32 Å². The molecule has 0 spiro atoms. The lowest BCUT2D eigenvalue weighted by Gasteiger charge is -2.29. The van der Waals surface area contributed by atoms with Crippen molar-refractivity contribution in [3.63, 3.8) is 0 Å². The number of halogens is 2. The van der Waals surface area contributed by atoms with E-state index in [2.05, 4.69) is 15.5 Å². The molecule has 1 N–H and O–H groups in total. The standard InChI is InChI=1S/C15H16Cl2N4O4S/c1-26(23,24)21-6-2-3-9(8-21)13(22)18-15-20-19-14(25-15)11-7-10(16)4-5-12(11)17/h4-5,7,9H,2-3,6,8H2,1H3,(H,18,20,22). The Morgan fingerprint density at radius 2 is 2.12 bits per heavy atom. The summed E-state index contributed by atoms with van der Waals surface area (Å²) in [5.74, 6) is -0.733. The third kappa shape index (κ3) is 4.35. The molecule has 26 heavy (non-hydrogen) atoms. The van der Waals surface area contributed by atoms with E-state index < -0.39 is 15.9 Å². The quantitative estimate of drug-likeness (QED) is 0.817. The van der Waals surface area contributed by atoms with Gasteiger partial charge in [-0.1, -0.05) is 28.3 Å². The highest BCUT2D eigenvalue weighted by Gasteiger charge is 2.31. The summed E-state index contributed by atoms with van der Waals surface area (Å²) in [5, 5.41) is 11.0. The van der Waals surface area contributed by atoms with E-state index in [1.54, 1.807) is 18.2 Å². The minimum atomic E-state index is -3.33. The highest BCUT2D eigenvalue weighted by molar-refractivity contribution is 7.88. The lowest BCUT2D eigenvalue weighted by Crippen LogP contribution is -2.43. The summed E-state index contributed by atoms with van der Waals surface area (Å²) in [6.07, 6.45) is 2.32. The molecular formula is C15H16Cl2N4O4S. The number of carbonyl (C=O) groups excluding carboxylic acids is 1. The van der Waals surface area contributed by atoms with E-state index >= 15 is 0 Å². The Hall–Kier alpha value is -1.68. The van der Waals surface area contributed by atoms with Crippen molar-refractivity contribution in [3.05, 3.63) is 28.2 Å². The zero-order chi connectivity index (χ0) is 18.9. The van der Waals surface area contributed by atoms with Crippen LogP contribution in [0.4, 0.5) is 6.01 Å². The molecule has 1 aliphatic heterocycles. The van der Waals surface area contributed by atoms with Gasteiger partial charge in [0.05, 0.1) is 22.8 Å². The normalized spacial score (nSPS) is 18.7. The van der Waals surface area contributed by atoms with E-state index in [1.165, 1.54) is 4.31 Å². The molecule has 1 atom stereocenters. The average molecular weight is 419 g/mol. The maximum Gasteiger partial charge on any atom is 0.322 e. The van der Waals surface area contributed by atoms with Gasteiger partial charge in [0.15, 0.2) is 0 Å². The number of amides is 1. The molecule has 1 aliphatic rings. The Bertz CT molecular complexity index is 931. The van der Waals surface area contributed by atoms with Crippen LogP contribution in [0.5, 0.6) is 0 Å². The lowest BCUT2D eigenvalue weighted by molar-refractivity contribution is -0.121. The second kappa shape index (κ2) is 7.51. The van der Waals surface area contributed by atoms with E-state index in [0.29, 0.717) is 35.0 Å². The van der Waals surface area contributed by atoms with Crippen LogP contribution >= 0.6 is 23.2 Å². The minimum Gasteiger partial charge on any atom is -0.403 e. The molecule has 1 aromatic heterocycles. The van der Waals surface area contributed by atoms with Crippen LogP contribution in [0.2, 0.25) is 10.0 Å². The number of nitrogens with one attached hydrogen (secondary N) is 1. The molecule has 0 bridgehead atoms. The molecule has 11 heteroatoms. The van der Waals surface area contributed by atoms with Crippen molar-refractivity contribution < 1.29 is 17.6 Å². The highest BCUT2D eigenvalue weighted by atomic mass is 35.5. The monoisotopic (exact) mass is 418 g/mol. The first-order valence-corrected chi connectivity index (χ1v) is 10.4. The first-order valence-electron chi connectivity index (χ1n) is 7.79. The topological polar surface area (TPSA) is 105 Å². The van der Waals surface area contributed by atoms with Gasteiger partial charge in [0, 0.05) is 18.1 Å². The van der Waals surface area contributed by atoms with Crippen LogP contribution in [-0.4, -0.2) is 48.2 Å². The third-order valence-electron chi connectivity index (χ3n) is 4.04. The Labute approximate surface area is 160 Å². The lowest BCUT2D eigenvalue weighted by atomic mass is 9.99. The van der Waals surface area contributed by atoms with Crippen LogP contribution in [0.15, 0.2) is 22.6 Å². The minimum absolute atomic E-state index is 0.0856. The van der Waals surface area contributed by atoms with Crippen molar-refractivity contribution in [1.82, 2.24) is 14.5 Å². The molecular weight excluding hydrogens is 403 g/mol. The molecule has 1 aromatic carbocycles. The molecule has 0 aliphatic carbocycles. The van der Waals surface area contributed by atoms with Crippen molar-refractivity contribution in [1.29, 1.82) is 0 Å². The zero-order valence-electron chi connectivity index (χ0n) is 13.8. The predicted octanol–water partition coefficient (Wildman–Crippen LogP) is 2.65. The van der Waals surface area contributed by atoms with Gasteiger partial charge in [-0.2, -0.15) is 0 Å². The van der Waals surface area contributed by atoms with Crippen molar-refractivity contribution in [2.24, 2.45) is 5.92 Å². The average Bonchev–Trinajstić information content (AvgIpc) is 3.04. The molecule has 1 unspecified atom stereocenters. The Morgan fingerprint density at radius 3 is 2.85 bits per heavy atom. The smallest absolute Gasteiger partial charge is 0.322 e. The SMILES string of the molecule is CS(=O)(=O)N1CCCC(C(=O)Nc2nnc(-c3cc(Cl)ccc3Cl)o2)C1. The van der Waals surface area contributed by atoms with E-state index in [4.69, 9.17) is 27.6 Å². The van der Waals surface area contributed by atoms with E-state index in [1.807, 2.05) is 0 Å². The molecule has 0 radical (unpaired) electrons. The van der Waals surface area contributed by atoms with Crippen LogP contribution in [-0.2, 0) is 14.8 Å². The van der Waals surface area contributed by atoms with Crippen LogP contribution in [0.25, 0.3) is 11.5 Å². The van der Waals surface area contributed by atoms with Crippen LogP contribution in [0, 0.1) is 5.92 Å². The Morgan fingerprint density at radius 1 is 1.35 bits per heavy atom. The maximum atomic E-state index is 12.4. The highest BCUT2D eigenvalue weighted by Crippen LogP contribution is 2.30. The number of sulfonamides is 1. The summed E-state index contributed by atoms with van der Waals surface area (Å²) in [6, 6.07) is 4.72. The summed E-state index contributed by atoms with van der Waals surface area (Å²) < 4.78 is 30.1. The molecule has 3 rings (SSSR count). The number of nitrogens with zero attached hydrogens (tertiary/aromatic N) is 3. The molecule has 0 saturated carbocycles. The first kappa shape index (κ1) is 19.1. The maximum absolute atomic E-state index is 12.4. The molecule has 2 heterocycles. The zero-order valence-corrected chi connectivity index (χ0v) is 16.1. The predicted molar refractivity (Wildman–Crippen MR) is 97.5 cm³/mol. The van der Waals surface area contributed by atoms with Crippen molar-refractivity contribution in [2.75, 3.05) is 24.7 Å². The molecule has 1 fully saturated rings. The summed E-state index contributed by atoms with van der Waals surface area (Å²) in [6.45, 7) is 0.548. The van der Waals surface area contributed by atoms with Gasteiger partial charge in [0.1, 0.15) is 0 Å². The van der Waals surface area contributed by atoms with Gasteiger partial charge in [-0.3, -0.25) is 10.1 Å². The Balaban J connectivity index is 1.71. The number of hydrogen-bond acceptors (Lipinski definition) is 6. The van der Waals surface area contributed by atoms with Crippen molar-refractivity contribution in [2.45, 2.75) is 12.8 Å². The Kier molecular flexibility index (Phi) is 5.52. The fourth-order valence-corrected chi connectivity index (χ4v) is 3.99. The molecule has 1 amide bonds. The second-order valence-corrected chi connectivity index (χ2v) is 8.81. The number of aromatic nitrogens is 2. The van der Waals surface area contributed by atoms with Crippen LogP contribution in [0.3, 0.4) is 0 Å². The first-order chi connectivity index (χ1) is 12.2. The van der Waals surface area contributed by atoms with E-state index in [9.17, 15) is 13.2 Å². The van der Waals surface area contributed by atoms with Gasteiger partial charge < -0.3 is 4.42 Å². The van der Waals surface area contributed by atoms with E-state index in [0.717, 1.165) is 6.26 Å². The summed E-state index contributed by atoms with van der Waals surface area (Å²) in [4.78, 5) is 12.4. The summed E-state index contributed by atoms with van der Waals surface area (Å²) >= 11 is 12.0. The number of rotatable bonds is 4. The number of piperidine rings is 1. The number of hydrogen-bond donors (Lipinski definition) is 1. The van der Waals surface area contributed by atoms with Crippen molar-refractivity contribution in [3.8, 4) is 11.5 Å². The third-order valence-corrected chi connectivity index (χ3v) is 5.87. The number of carbonyl (C=O) groups is 1. The van der Waals surface area contributed by atoms with Gasteiger partial charge in [0.2, 0.25) is 15.9 Å². The molecule has 1 saturated heterocycles.